The topological polar surface area (TPSA) is 170 Å². The number of hydrogen-bond acceptors (Lipinski definition) is 9. The number of halogens is 2. The van der Waals surface area contributed by atoms with Gasteiger partial charge in [0.2, 0.25) is 0 Å². The molecule has 56 heavy (non-hydrogen) atoms. The van der Waals surface area contributed by atoms with E-state index in [0.29, 0.717) is 38.9 Å². The number of benzene rings is 5. The summed E-state index contributed by atoms with van der Waals surface area (Å²) in [6.07, 6.45) is 2.21. The van der Waals surface area contributed by atoms with Gasteiger partial charge in [-0.15, -0.1) is 0 Å². The number of aliphatic hydroxyl groups excluding tert-OH is 4. The summed E-state index contributed by atoms with van der Waals surface area (Å²) in [6, 6.07) is 32.3. The fraction of sp³-hybridized carbons (Fsp3) is 0.163. The quantitative estimate of drug-likeness (QED) is 0.0989. The molecule has 7 aromatic rings. The molecule has 2 unspecified atom stereocenters. The zero-order chi connectivity index (χ0) is 40.0. The number of ether oxygens (including phenoxy) is 1. The number of fused-ring (bicyclic) bond motifs is 3. The predicted octanol–water partition coefficient (Wildman–Crippen LogP) is 8.20. The molecule has 8 rings (SSSR count). The third kappa shape index (κ3) is 9.77. The third-order valence-corrected chi connectivity index (χ3v) is 10.5. The predicted molar refractivity (Wildman–Crippen MR) is 216 cm³/mol. The summed E-state index contributed by atoms with van der Waals surface area (Å²) in [5.41, 5.74) is 9.49. The molecule has 0 fully saturated rings. The fourth-order valence-electron chi connectivity index (χ4n) is 6.27. The molecular weight excluding hydrogens is 775 g/mol. The van der Waals surface area contributed by atoms with E-state index in [0.717, 1.165) is 44.1 Å². The molecule has 0 spiro atoms. The summed E-state index contributed by atoms with van der Waals surface area (Å²) in [4.78, 5) is 8.48. The summed E-state index contributed by atoms with van der Waals surface area (Å²) >= 11 is 12.0. The maximum atomic E-state index is 10.7. The van der Waals surface area contributed by atoms with Crippen molar-refractivity contribution in [1.29, 1.82) is 0 Å². The van der Waals surface area contributed by atoms with Gasteiger partial charge in [0.15, 0.2) is 0 Å². The first-order valence-corrected chi connectivity index (χ1v) is 19.6. The van der Waals surface area contributed by atoms with Crippen molar-refractivity contribution in [1.82, 2.24) is 9.97 Å². The van der Waals surface area contributed by atoms with Gasteiger partial charge in [0.25, 0.3) is 10.1 Å². The van der Waals surface area contributed by atoms with Crippen molar-refractivity contribution >= 4 is 55.1 Å². The zero-order valence-corrected chi connectivity index (χ0v) is 32.4. The van der Waals surface area contributed by atoms with Crippen LogP contribution in [0.25, 0.3) is 21.8 Å². The maximum Gasteiger partial charge on any atom is 0.294 e. The number of hydrogen-bond donors (Lipinski definition) is 5. The zero-order valence-electron chi connectivity index (χ0n) is 30.0. The molecule has 2 atom stereocenters. The van der Waals surface area contributed by atoms with Crippen molar-refractivity contribution in [3.63, 3.8) is 0 Å². The molecule has 3 heterocycles. The van der Waals surface area contributed by atoms with Gasteiger partial charge in [-0.25, -0.2) is 0 Å². The van der Waals surface area contributed by atoms with E-state index in [2.05, 4.69) is 16.0 Å². The second-order valence-electron chi connectivity index (χ2n) is 13.1. The van der Waals surface area contributed by atoms with Gasteiger partial charge < -0.3 is 25.2 Å². The highest BCUT2D eigenvalue weighted by Gasteiger charge is 2.25. The average Bonchev–Trinajstić information content (AvgIpc) is 3.63. The lowest BCUT2D eigenvalue weighted by Crippen LogP contribution is -2.05. The lowest BCUT2D eigenvalue weighted by Gasteiger charge is -2.17. The van der Waals surface area contributed by atoms with Gasteiger partial charge >= 0.3 is 0 Å². The van der Waals surface area contributed by atoms with Crippen LogP contribution in [-0.4, -0.2) is 43.4 Å². The summed E-state index contributed by atoms with van der Waals surface area (Å²) in [5, 5.41) is 41.8. The van der Waals surface area contributed by atoms with E-state index in [1.807, 2.05) is 55.5 Å². The number of pyridine rings is 2. The molecule has 2 aromatic heterocycles. The Morgan fingerprint density at radius 2 is 1.34 bits per heavy atom. The van der Waals surface area contributed by atoms with E-state index in [1.54, 1.807) is 54.9 Å². The Kier molecular flexibility index (Phi) is 13.1. The second-order valence-corrected chi connectivity index (χ2v) is 15.4. The highest BCUT2D eigenvalue weighted by atomic mass is 35.5. The van der Waals surface area contributed by atoms with Crippen molar-refractivity contribution in [3.8, 4) is 0 Å². The van der Waals surface area contributed by atoms with Gasteiger partial charge in [0.1, 0.15) is 12.2 Å². The number of aromatic nitrogens is 2. The van der Waals surface area contributed by atoms with E-state index in [4.69, 9.17) is 32.5 Å². The first-order chi connectivity index (χ1) is 26.9. The third-order valence-electron chi connectivity index (χ3n) is 9.22. The van der Waals surface area contributed by atoms with Gasteiger partial charge in [-0.2, -0.15) is 8.42 Å². The highest BCUT2D eigenvalue weighted by molar-refractivity contribution is 7.85. The van der Waals surface area contributed by atoms with Crippen LogP contribution in [0.2, 0.25) is 10.0 Å². The van der Waals surface area contributed by atoms with E-state index in [9.17, 15) is 28.8 Å². The lowest BCUT2D eigenvalue weighted by molar-refractivity contribution is 0.0940. The Hall–Kier alpha value is -4.79. The minimum absolute atomic E-state index is 0.0389. The number of aliphatic hydroxyl groups is 4. The minimum atomic E-state index is -4.02. The van der Waals surface area contributed by atoms with Gasteiger partial charge in [0, 0.05) is 23.2 Å². The number of aryl methyl sites for hydroxylation is 1. The van der Waals surface area contributed by atoms with Crippen molar-refractivity contribution in [2.24, 2.45) is 0 Å². The molecule has 1 aliphatic heterocycles. The average molecular weight is 814 g/mol. The molecule has 13 heteroatoms. The molecule has 0 amide bonds. The smallest absolute Gasteiger partial charge is 0.294 e. The Morgan fingerprint density at radius 3 is 1.96 bits per heavy atom. The molecule has 1 aliphatic rings. The van der Waals surface area contributed by atoms with Gasteiger partial charge in [-0.3, -0.25) is 14.5 Å². The number of nitrogens with zero attached hydrogens (tertiary/aromatic N) is 2. The standard InChI is InChI=1S/C18H16ClNO3.C18H14ClNO2.C7H8O3S/c19-15-7-14-6-12(3-4-17(14)20-8-15)18(23)16-5-11(9-21)1-2-13(16)10-22;19-15-7-14-6-12(3-4-17(14)20-8-15)18-16-5-11(9-21)1-2-13(16)10-22-18;1-6-2-4-7(5-3-6)11(8,9)10/h1-8,18,21-23H,9-10H2;1-8,18,21H,9-10H2;2-5H,1H3,(H,8,9,10). The van der Waals surface area contributed by atoms with Crippen LogP contribution >= 0.6 is 23.2 Å². The summed E-state index contributed by atoms with van der Waals surface area (Å²) in [5.74, 6) is 0. The van der Waals surface area contributed by atoms with Crippen LogP contribution in [-0.2, 0) is 41.3 Å². The summed E-state index contributed by atoms with van der Waals surface area (Å²) in [7, 11) is -4.02. The van der Waals surface area contributed by atoms with E-state index < -0.39 is 16.2 Å². The summed E-state index contributed by atoms with van der Waals surface area (Å²) in [6.45, 7) is 2.17. The van der Waals surface area contributed by atoms with E-state index in [1.165, 1.54) is 17.7 Å². The molecule has 0 aliphatic carbocycles. The van der Waals surface area contributed by atoms with Crippen LogP contribution in [0.5, 0.6) is 0 Å². The van der Waals surface area contributed by atoms with Crippen molar-refractivity contribution < 1.29 is 38.1 Å². The Balaban J connectivity index is 0.000000151. The van der Waals surface area contributed by atoms with Crippen LogP contribution in [0.3, 0.4) is 0 Å². The first-order valence-electron chi connectivity index (χ1n) is 17.4. The lowest BCUT2D eigenvalue weighted by atomic mass is 9.94. The second kappa shape index (κ2) is 18.0. The largest absolute Gasteiger partial charge is 0.392 e. The van der Waals surface area contributed by atoms with E-state index in [-0.39, 0.29) is 30.8 Å². The monoisotopic (exact) mass is 812 g/mol. The molecule has 288 valence electrons. The normalized spacial score (nSPS) is 14.0. The molecule has 0 saturated carbocycles. The van der Waals surface area contributed by atoms with Crippen molar-refractivity contribution in [3.05, 3.63) is 182 Å². The SMILES string of the molecule is Cc1ccc(S(=O)(=O)O)cc1.OCc1ccc(CO)c(C(O)c2ccc3ncc(Cl)cc3c2)c1.OCc1ccc2c(c1)C(c1ccc3ncc(Cl)cc3c1)OC2. The Labute approximate surface area is 334 Å². The van der Waals surface area contributed by atoms with Crippen LogP contribution in [0.15, 0.2) is 126 Å². The van der Waals surface area contributed by atoms with Crippen LogP contribution in [0, 0.1) is 6.92 Å². The van der Waals surface area contributed by atoms with Gasteiger partial charge in [-0.05, 0) is 100.0 Å². The van der Waals surface area contributed by atoms with Crippen molar-refractivity contribution in [2.45, 2.75) is 50.5 Å². The first kappa shape index (κ1) is 40.9. The van der Waals surface area contributed by atoms with Gasteiger partial charge in [-0.1, -0.05) is 89.4 Å². The van der Waals surface area contributed by atoms with Crippen LogP contribution in [0.4, 0.5) is 0 Å². The van der Waals surface area contributed by atoms with Crippen LogP contribution in [0.1, 0.15) is 62.3 Å². The molecule has 0 saturated heterocycles. The van der Waals surface area contributed by atoms with Crippen molar-refractivity contribution in [2.75, 3.05) is 0 Å². The Morgan fingerprint density at radius 1 is 0.732 bits per heavy atom. The molecule has 5 aromatic carbocycles. The Bertz CT molecular complexity index is 2610. The molecule has 5 N–H and O–H groups in total. The van der Waals surface area contributed by atoms with Gasteiger partial charge in [0.05, 0.1) is 52.4 Å². The molecule has 10 nitrogen and oxygen atoms in total. The molecular formula is C43H38Cl2N2O8S. The fourth-order valence-corrected chi connectivity index (χ4v) is 7.08. The number of rotatable bonds is 7. The molecule has 0 bridgehead atoms. The minimum Gasteiger partial charge on any atom is -0.392 e. The van der Waals surface area contributed by atoms with E-state index >= 15 is 0 Å². The maximum absolute atomic E-state index is 10.7. The summed E-state index contributed by atoms with van der Waals surface area (Å²) < 4.78 is 35.5. The molecule has 0 radical (unpaired) electrons. The van der Waals surface area contributed by atoms with Crippen LogP contribution < -0.4 is 0 Å². The highest BCUT2D eigenvalue weighted by Crippen LogP contribution is 2.37.